The number of carbonyl (C=O) groups is 1. The number of ether oxygens (including phenoxy) is 1. The highest BCUT2D eigenvalue weighted by Crippen LogP contribution is 2.18. The van der Waals surface area contributed by atoms with Crippen molar-refractivity contribution in [1.82, 2.24) is 9.80 Å². The van der Waals surface area contributed by atoms with Crippen molar-refractivity contribution in [3.63, 3.8) is 0 Å². The van der Waals surface area contributed by atoms with Gasteiger partial charge in [0.15, 0.2) is 0 Å². The summed E-state index contributed by atoms with van der Waals surface area (Å²) in [5.74, 6) is -0.810. The van der Waals surface area contributed by atoms with Crippen molar-refractivity contribution in [1.29, 1.82) is 0 Å². The maximum Gasteiger partial charge on any atom is 0.322 e. The number of hydrogen-bond donors (Lipinski definition) is 2. The summed E-state index contributed by atoms with van der Waals surface area (Å²) < 4.78 is 5.32. The van der Waals surface area contributed by atoms with Crippen LogP contribution in [0.15, 0.2) is 0 Å². The Kier molecular flexibility index (Phi) is 4.33. The van der Waals surface area contributed by atoms with Crippen LogP contribution in [0, 0.1) is 0 Å². The van der Waals surface area contributed by atoms with Gasteiger partial charge in [-0.3, -0.25) is 14.6 Å². The van der Waals surface area contributed by atoms with Crippen LogP contribution in [0.3, 0.4) is 0 Å². The van der Waals surface area contributed by atoms with Crippen LogP contribution < -0.4 is 5.73 Å². The Hall–Kier alpha value is -0.690. The van der Waals surface area contributed by atoms with Crippen LogP contribution in [-0.2, 0) is 9.53 Å². The molecule has 6 nitrogen and oxygen atoms in total. The van der Waals surface area contributed by atoms with Crippen molar-refractivity contribution in [3.05, 3.63) is 0 Å². The lowest BCUT2D eigenvalue weighted by atomic mass is 10.2. The predicted molar refractivity (Wildman–Crippen MR) is 62.8 cm³/mol. The van der Waals surface area contributed by atoms with Crippen LogP contribution in [0.25, 0.3) is 0 Å². The summed E-state index contributed by atoms with van der Waals surface area (Å²) in [5, 5.41) is 9.07. The molecule has 2 heterocycles. The molecular formula is C11H21N3O3. The van der Waals surface area contributed by atoms with Gasteiger partial charge in [0.1, 0.15) is 6.04 Å². The lowest BCUT2D eigenvalue weighted by Crippen LogP contribution is -2.48. The van der Waals surface area contributed by atoms with E-state index in [1.54, 1.807) is 0 Å². The third-order valence-electron chi connectivity index (χ3n) is 3.71. The van der Waals surface area contributed by atoms with Crippen LogP contribution >= 0.6 is 0 Å². The van der Waals surface area contributed by atoms with Gasteiger partial charge >= 0.3 is 5.97 Å². The Labute approximate surface area is 101 Å². The predicted octanol–water partition coefficient (Wildman–Crippen LogP) is -1.20. The molecule has 0 aromatic heterocycles. The molecule has 2 unspecified atom stereocenters. The summed E-state index contributed by atoms with van der Waals surface area (Å²) in [6.45, 7) is 5.32. The molecule has 2 rings (SSSR count). The van der Waals surface area contributed by atoms with Gasteiger partial charge in [-0.1, -0.05) is 0 Å². The molecule has 2 fully saturated rings. The Bertz CT molecular complexity index is 269. The second kappa shape index (κ2) is 5.77. The highest BCUT2D eigenvalue weighted by atomic mass is 16.5. The number of carboxylic acid groups (broad SMARTS) is 1. The SMILES string of the molecule is NCC(C(=O)O)N1CCC(N2CCOCC2)C1. The van der Waals surface area contributed by atoms with Crippen LogP contribution in [0.1, 0.15) is 6.42 Å². The summed E-state index contributed by atoms with van der Waals surface area (Å²) in [5.41, 5.74) is 5.52. The van der Waals surface area contributed by atoms with Crippen LogP contribution in [0.5, 0.6) is 0 Å². The van der Waals surface area contributed by atoms with E-state index in [1.807, 2.05) is 4.90 Å². The lowest BCUT2D eigenvalue weighted by Gasteiger charge is -2.32. The van der Waals surface area contributed by atoms with Gasteiger partial charge < -0.3 is 15.6 Å². The molecular weight excluding hydrogens is 222 g/mol. The van der Waals surface area contributed by atoms with E-state index in [2.05, 4.69) is 4.90 Å². The minimum Gasteiger partial charge on any atom is -0.480 e. The maximum absolute atomic E-state index is 11.0. The lowest BCUT2D eigenvalue weighted by molar-refractivity contribution is -0.142. The zero-order valence-electron chi connectivity index (χ0n) is 10.0. The van der Waals surface area contributed by atoms with E-state index in [0.29, 0.717) is 6.04 Å². The number of hydrogen-bond acceptors (Lipinski definition) is 5. The molecule has 6 heteroatoms. The van der Waals surface area contributed by atoms with E-state index in [4.69, 9.17) is 15.6 Å². The molecule has 0 spiro atoms. The van der Waals surface area contributed by atoms with Crippen molar-refractivity contribution in [2.75, 3.05) is 45.9 Å². The normalized spacial score (nSPS) is 29.4. The van der Waals surface area contributed by atoms with Crippen LogP contribution in [0.4, 0.5) is 0 Å². The van der Waals surface area contributed by atoms with Crippen molar-refractivity contribution >= 4 is 5.97 Å². The van der Waals surface area contributed by atoms with E-state index >= 15 is 0 Å². The van der Waals surface area contributed by atoms with Crippen LogP contribution in [0.2, 0.25) is 0 Å². The van der Waals surface area contributed by atoms with Crippen molar-refractivity contribution in [2.24, 2.45) is 5.73 Å². The highest BCUT2D eigenvalue weighted by molar-refractivity contribution is 5.73. The zero-order chi connectivity index (χ0) is 12.3. The summed E-state index contributed by atoms with van der Waals surface area (Å²) in [6.07, 6.45) is 1.03. The van der Waals surface area contributed by atoms with E-state index in [0.717, 1.165) is 45.8 Å². The Morgan fingerprint density at radius 3 is 2.71 bits per heavy atom. The van der Waals surface area contributed by atoms with Gasteiger partial charge in [-0.05, 0) is 6.42 Å². The van der Waals surface area contributed by atoms with Crippen molar-refractivity contribution in [3.8, 4) is 0 Å². The third kappa shape index (κ3) is 2.95. The smallest absolute Gasteiger partial charge is 0.322 e. The number of morpholine rings is 1. The molecule has 98 valence electrons. The standard InChI is InChI=1S/C11H21N3O3/c12-7-10(11(15)16)14-2-1-9(8-14)13-3-5-17-6-4-13/h9-10H,1-8,12H2,(H,15,16). The molecule has 3 N–H and O–H groups in total. The first kappa shape index (κ1) is 12.8. The number of aliphatic carboxylic acids is 1. The van der Waals surface area contributed by atoms with Crippen molar-refractivity contribution < 1.29 is 14.6 Å². The summed E-state index contributed by atoms with van der Waals surface area (Å²) in [7, 11) is 0. The minimum absolute atomic E-state index is 0.186. The van der Waals surface area contributed by atoms with Gasteiger partial charge in [-0.15, -0.1) is 0 Å². The molecule has 17 heavy (non-hydrogen) atoms. The topological polar surface area (TPSA) is 79.0 Å². The van der Waals surface area contributed by atoms with E-state index in [-0.39, 0.29) is 6.54 Å². The van der Waals surface area contributed by atoms with Gasteiger partial charge in [-0.2, -0.15) is 0 Å². The largest absolute Gasteiger partial charge is 0.480 e. The van der Waals surface area contributed by atoms with Gasteiger partial charge in [-0.25, -0.2) is 0 Å². The fourth-order valence-electron chi connectivity index (χ4n) is 2.70. The number of nitrogens with two attached hydrogens (primary N) is 1. The molecule has 0 aromatic carbocycles. The first-order chi connectivity index (χ1) is 8.22. The average Bonchev–Trinajstić information content (AvgIpc) is 2.80. The fraction of sp³-hybridized carbons (Fsp3) is 0.909. The molecule has 0 saturated carbocycles. The van der Waals surface area contributed by atoms with Crippen LogP contribution in [-0.4, -0.2) is 78.9 Å². The van der Waals surface area contributed by atoms with Gasteiger partial charge in [0, 0.05) is 38.8 Å². The first-order valence-corrected chi connectivity index (χ1v) is 6.21. The molecule has 0 bridgehead atoms. The summed E-state index contributed by atoms with van der Waals surface area (Å²) in [6, 6.07) is -0.0617. The quantitative estimate of drug-likeness (QED) is 0.646. The molecule has 2 aliphatic heterocycles. The van der Waals surface area contributed by atoms with Gasteiger partial charge in [0.2, 0.25) is 0 Å². The minimum atomic E-state index is -0.810. The second-order valence-corrected chi connectivity index (χ2v) is 4.68. The Morgan fingerprint density at radius 2 is 2.12 bits per heavy atom. The number of likely N-dealkylation sites (tertiary alicyclic amines) is 1. The molecule has 2 aliphatic rings. The summed E-state index contributed by atoms with van der Waals surface area (Å²) in [4.78, 5) is 15.4. The number of carboxylic acids is 1. The summed E-state index contributed by atoms with van der Waals surface area (Å²) >= 11 is 0. The first-order valence-electron chi connectivity index (χ1n) is 6.21. The third-order valence-corrected chi connectivity index (χ3v) is 3.71. The molecule has 0 aliphatic carbocycles. The molecule has 0 radical (unpaired) electrons. The van der Waals surface area contributed by atoms with E-state index < -0.39 is 12.0 Å². The van der Waals surface area contributed by atoms with Gasteiger partial charge in [0.05, 0.1) is 13.2 Å². The molecule has 0 amide bonds. The Morgan fingerprint density at radius 1 is 1.41 bits per heavy atom. The fourth-order valence-corrected chi connectivity index (χ4v) is 2.70. The maximum atomic E-state index is 11.0. The number of rotatable bonds is 4. The Balaban J connectivity index is 1.87. The highest BCUT2D eigenvalue weighted by Gasteiger charge is 2.34. The second-order valence-electron chi connectivity index (χ2n) is 4.68. The van der Waals surface area contributed by atoms with E-state index in [9.17, 15) is 4.79 Å². The number of nitrogens with zero attached hydrogens (tertiary/aromatic N) is 2. The van der Waals surface area contributed by atoms with E-state index in [1.165, 1.54) is 0 Å². The van der Waals surface area contributed by atoms with Gasteiger partial charge in [0.25, 0.3) is 0 Å². The molecule has 2 atom stereocenters. The molecule has 2 saturated heterocycles. The zero-order valence-corrected chi connectivity index (χ0v) is 10.0. The average molecular weight is 243 g/mol. The molecule has 0 aromatic rings. The van der Waals surface area contributed by atoms with Crippen molar-refractivity contribution in [2.45, 2.75) is 18.5 Å². The monoisotopic (exact) mass is 243 g/mol.